The van der Waals surface area contributed by atoms with E-state index < -0.39 is 0 Å². The highest BCUT2D eigenvalue weighted by Gasteiger charge is 2.10. The molecule has 0 atom stereocenters. The van der Waals surface area contributed by atoms with Crippen molar-refractivity contribution in [3.8, 4) is 17.3 Å². The lowest BCUT2D eigenvalue weighted by Gasteiger charge is -2.11. The van der Waals surface area contributed by atoms with Crippen LogP contribution < -0.4 is 4.74 Å². The number of ether oxygens (including phenoxy) is 1. The third kappa shape index (κ3) is 2.84. The summed E-state index contributed by atoms with van der Waals surface area (Å²) >= 11 is 0. The smallest absolute Gasteiger partial charge is 0.202 e. The van der Waals surface area contributed by atoms with E-state index >= 15 is 0 Å². The van der Waals surface area contributed by atoms with E-state index in [9.17, 15) is 0 Å². The summed E-state index contributed by atoms with van der Waals surface area (Å²) in [4.78, 5) is 0. The van der Waals surface area contributed by atoms with Gasteiger partial charge in [-0.05, 0) is 55.7 Å². The Labute approximate surface area is 123 Å². The Morgan fingerprint density at radius 2 is 1.95 bits per heavy atom. The van der Waals surface area contributed by atoms with Crippen molar-refractivity contribution in [1.82, 2.24) is 5.16 Å². The molecule has 0 unspecified atom stereocenters. The predicted molar refractivity (Wildman–Crippen MR) is 79.2 cm³/mol. The Morgan fingerprint density at radius 3 is 2.71 bits per heavy atom. The molecule has 4 nitrogen and oxygen atoms in total. The third-order valence-corrected chi connectivity index (χ3v) is 3.46. The Hall–Kier alpha value is -2.49. The summed E-state index contributed by atoms with van der Waals surface area (Å²) in [6.45, 7) is 6.57. The summed E-state index contributed by atoms with van der Waals surface area (Å²) in [5.41, 5.74) is 4.29. The molecule has 2 aromatic heterocycles. The Balaban J connectivity index is 1.74. The Morgan fingerprint density at radius 1 is 1.10 bits per heavy atom. The van der Waals surface area contributed by atoms with Crippen LogP contribution in [0.2, 0.25) is 0 Å². The van der Waals surface area contributed by atoms with Crippen LogP contribution in [0.1, 0.15) is 22.4 Å². The van der Waals surface area contributed by atoms with E-state index in [4.69, 9.17) is 13.7 Å². The molecule has 108 valence electrons. The summed E-state index contributed by atoms with van der Waals surface area (Å²) in [6.07, 6.45) is 1.60. The van der Waals surface area contributed by atoms with Gasteiger partial charge in [-0.2, -0.15) is 0 Å². The Kier molecular flexibility index (Phi) is 3.52. The zero-order valence-corrected chi connectivity index (χ0v) is 12.3. The minimum absolute atomic E-state index is 0.369. The number of aryl methyl sites for hydroxylation is 2. The van der Waals surface area contributed by atoms with Crippen LogP contribution in [-0.4, -0.2) is 5.16 Å². The molecule has 0 amide bonds. The van der Waals surface area contributed by atoms with Gasteiger partial charge in [0.25, 0.3) is 0 Å². The molecule has 4 heteroatoms. The highest BCUT2D eigenvalue weighted by Crippen LogP contribution is 2.25. The van der Waals surface area contributed by atoms with E-state index in [2.05, 4.69) is 32.0 Å². The zero-order valence-electron chi connectivity index (χ0n) is 12.3. The van der Waals surface area contributed by atoms with Crippen molar-refractivity contribution >= 4 is 0 Å². The molecule has 0 spiro atoms. The van der Waals surface area contributed by atoms with Crippen LogP contribution >= 0.6 is 0 Å². The maximum Gasteiger partial charge on any atom is 0.202 e. The second kappa shape index (κ2) is 5.48. The molecule has 0 bridgehead atoms. The molecular formula is C17H17NO3. The van der Waals surface area contributed by atoms with Crippen LogP contribution in [0, 0.1) is 20.8 Å². The second-order valence-corrected chi connectivity index (χ2v) is 5.15. The van der Waals surface area contributed by atoms with Gasteiger partial charge in [0.15, 0.2) is 5.76 Å². The summed E-state index contributed by atoms with van der Waals surface area (Å²) < 4.78 is 16.4. The average molecular weight is 283 g/mol. The molecule has 0 saturated carbocycles. The van der Waals surface area contributed by atoms with Gasteiger partial charge in [0.1, 0.15) is 18.1 Å². The normalized spacial score (nSPS) is 10.8. The fourth-order valence-electron chi connectivity index (χ4n) is 2.22. The molecule has 0 fully saturated rings. The monoisotopic (exact) mass is 283 g/mol. The van der Waals surface area contributed by atoms with Gasteiger partial charge >= 0.3 is 0 Å². The van der Waals surface area contributed by atoms with E-state index in [0.717, 1.165) is 17.0 Å². The van der Waals surface area contributed by atoms with E-state index in [1.165, 1.54) is 11.1 Å². The number of hydrogen-bond acceptors (Lipinski definition) is 4. The first-order chi connectivity index (χ1) is 10.1. The van der Waals surface area contributed by atoms with Crippen LogP contribution in [0.3, 0.4) is 0 Å². The van der Waals surface area contributed by atoms with Crippen LogP contribution in [-0.2, 0) is 6.61 Å². The molecule has 1 aromatic carbocycles. The van der Waals surface area contributed by atoms with Crippen LogP contribution in [0.5, 0.6) is 5.75 Å². The van der Waals surface area contributed by atoms with Crippen molar-refractivity contribution in [2.45, 2.75) is 27.4 Å². The van der Waals surface area contributed by atoms with E-state index in [-0.39, 0.29) is 0 Å². The maximum atomic E-state index is 5.86. The number of benzene rings is 1. The molecule has 3 rings (SSSR count). The molecule has 0 saturated heterocycles. The first-order valence-electron chi connectivity index (χ1n) is 6.83. The molecule has 0 aliphatic carbocycles. The SMILES string of the molecule is Cc1cc(C)c(C)c(OCc2cc(-c3ccco3)on2)c1. The van der Waals surface area contributed by atoms with Gasteiger partial charge in [-0.3, -0.25) is 0 Å². The minimum Gasteiger partial charge on any atom is -0.487 e. The second-order valence-electron chi connectivity index (χ2n) is 5.15. The zero-order chi connectivity index (χ0) is 14.8. The summed E-state index contributed by atoms with van der Waals surface area (Å²) in [5.74, 6) is 2.15. The Bertz CT molecular complexity index is 741. The van der Waals surface area contributed by atoms with Crippen LogP contribution in [0.4, 0.5) is 0 Å². The van der Waals surface area contributed by atoms with Gasteiger partial charge in [0.2, 0.25) is 5.76 Å². The molecule has 0 N–H and O–H groups in total. The molecule has 21 heavy (non-hydrogen) atoms. The fourth-order valence-corrected chi connectivity index (χ4v) is 2.22. The number of aromatic nitrogens is 1. The van der Waals surface area contributed by atoms with Gasteiger partial charge in [-0.25, -0.2) is 0 Å². The quantitative estimate of drug-likeness (QED) is 0.710. The third-order valence-electron chi connectivity index (χ3n) is 3.46. The van der Waals surface area contributed by atoms with Crippen molar-refractivity contribution in [3.05, 3.63) is 59.0 Å². The van der Waals surface area contributed by atoms with Gasteiger partial charge in [0, 0.05) is 6.07 Å². The topological polar surface area (TPSA) is 48.4 Å². The largest absolute Gasteiger partial charge is 0.487 e. The molecule has 3 aromatic rings. The predicted octanol–water partition coefficient (Wildman–Crippen LogP) is 4.44. The van der Waals surface area contributed by atoms with Crippen molar-refractivity contribution in [2.24, 2.45) is 0 Å². The molecule has 0 radical (unpaired) electrons. The first-order valence-corrected chi connectivity index (χ1v) is 6.83. The highest BCUT2D eigenvalue weighted by atomic mass is 16.5. The average Bonchev–Trinajstić information content (AvgIpc) is 3.11. The van der Waals surface area contributed by atoms with Gasteiger partial charge in [-0.1, -0.05) is 11.2 Å². The minimum atomic E-state index is 0.369. The van der Waals surface area contributed by atoms with Gasteiger partial charge in [-0.15, -0.1) is 0 Å². The summed E-state index contributed by atoms with van der Waals surface area (Å²) in [6, 6.07) is 9.66. The standard InChI is InChI=1S/C17H17NO3/c1-11-7-12(2)13(3)16(8-11)20-10-14-9-17(21-18-14)15-5-4-6-19-15/h4-9H,10H2,1-3H3. The van der Waals surface area contributed by atoms with Crippen molar-refractivity contribution < 1.29 is 13.7 Å². The fraction of sp³-hybridized carbons (Fsp3) is 0.235. The molecule has 2 heterocycles. The van der Waals surface area contributed by atoms with Gasteiger partial charge < -0.3 is 13.7 Å². The van der Waals surface area contributed by atoms with Crippen molar-refractivity contribution in [2.75, 3.05) is 0 Å². The summed E-state index contributed by atoms with van der Waals surface area (Å²) in [5, 5.41) is 4.00. The maximum absolute atomic E-state index is 5.86. The van der Waals surface area contributed by atoms with Crippen LogP contribution in [0.15, 0.2) is 45.5 Å². The number of furan rings is 1. The number of hydrogen-bond donors (Lipinski definition) is 0. The lowest BCUT2D eigenvalue weighted by molar-refractivity contribution is 0.287. The van der Waals surface area contributed by atoms with E-state index in [1.807, 2.05) is 24.3 Å². The summed E-state index contributed by atoms with van der Waals surface area (Å²) in [7, 11) is 0. The number of nitrogens with zero attached hydrogens (tertiary/aromatic N) is 1. The lowest BCUT2D eigenvalue weighted by atomic mass is 10.1. The van der Waals surface area contributed by atoms with Gasteiger partial charge in [0.05, 0.1) is 6.26 Å². The van der Waals surface area contributed by atoms with E-state index in [1.54, 1.807) is 6.26 Å². The molecule has 0 aliphatic rings. The lowest BCUT2D eigenvalue weighted by Crippen LogP contribution is -1.98. The van der Waals surface area contributed by atoms with Crippen LogP contribution in [0.25, 0.3) is 11.5 Å². The number of rotatable bonds is 4. The van der Waals surface area contributed by atoms with E-state index in [0.29, 0.717) is 18.1 Å². The van der Waals surface area contributed by atoms with Crippen molar-refractivity contribution in [1.29, 1.82) is 0 Å². The highest BCUT2D eigenvalue weighted by molar-refractivity contribution is 5.49. The first kappa shape index (κ1) is 13.5. The van der Waals surface area contributed by atoms with Crippen molar-refractivity contribution in [3.63, 3.8) is 0 Å². The molecular weight excluding hydrogens is 266 g/mol. The molecule has 0 aliphatic heterocycles.